The van der Waals surface area contributed by atoms with E-state index >= 15 is 4.39 Å². The topological polar surface area (TPSA) is 112 Å². The predicted octanol–water partition coefficient (Wildman–Crippen LogP) is 6.17. The summed E-state index contributed by atoms with van der Waals surface area (Å²) in [7, 11) is 0. The number of pyridine rings is 2. The zero-order chi connectivity index (χ0) is 24.9. The summed E-state index contributed by atoms with van der Waals surface area (Å²) in [5.41, 5.74) is 5.05. The van der Waals surface area contributed by atoms with Crippen LogP contribution in [0.3, 0.4) is 0 Å². The van der Waals surface area contributed by atoms with Crippen LogP contribution >= 0.6 is 11.3 Å². The molecular weight excluding hydrogens is 489 g/mol. The fraction of sp³-hybridized carbons (Fsp3) is 0.148. The molecule has 1 saturated carbocycles. The lowest BCUT2D eigenvalue weighted by molar-refractivity contribution is -0.122. The second-order valence-electron chi connectivity index (χ2n) is 9.15. The van der Waals surface area contributed by atoms with Crippen molar-refractivity contribution >= 4 is 44.9 Å². The van der Waals surface area contributed by atoms with Crippen molar-refractivity contribution in [2.24, 2.45) is 5.92 Å². The SMILES string of the molecule is O=C(Nc1cncc(-c2cc(F)c3n[nH]c(-c4nc5c(-c6cccs6)nccc5[nH]4)c3c2)c1)C1CCC1. The standard InChI is InChI=1S/C27H20FN7OS/c28-19-11-15(16-9-17(13-29-12-16)31-27(36)14-3-1-4-14)10-18-22(19)34-35-23(18)26-32-20-6-7-30-25(24(20)33-26)21-5-2-8-37-21/h2,5-14H,1,3-4H2,(H,31,36)(H,32,33)(H,34,35). The fourth-order valence-electron chi connectivity index (χ4n) is 4.65. The molecule has 182 valence electrons. The second kappa shape index (κ2) is 8.59. The highest BCUT2D eigenvalue weighted by Gasteiger charge is 2.25. The Morgan fingerprint density at radius 1 is 1.11 bits per heavy atom. The van der Waals surface area contributed by atoms with Crippen LogP contribution in [-0.4, -0.2) is 36.0 Å². The quantitative estimate of drug-likeness (QED) is 0.257. The van der Waals surface area contributed by atoms with E-state index in [4.69, 9.17) is 4.98 Å². The number of benzene rings is 1. The van der Waals surface area contributed by atoms with Crippen LogP contribution in [0.1, 0.15) is 19.3 Å². The van der Waals surface area contributed by atoms with E-state index in [2.05, 4.69) is 30.5 Å². The normalized spacial score (nSPS) is 13.8. The minimum Gasteiger partial charge on any atom is -0.337 e. The minimum absolute atomic E-state index is 0.00486. The van der Waals surface area contributed by atoms with Crippen LogP contribution in [0, 0.1) is 11.7 Å². The number of nitrogens with one attached hydrogen (secondary N) is 3. The van der Waals surface area contributed by atoms with E-state index in [9.17, 15) is 4.79 Å². The highest BCUT2D eigenvalue weighted by Crippen LogP contribution is 2.35. The molecule has 1 aliphatic carbocycles. The summed E-state index contributed by atoms with van der Waals surface area (Å²) < 4.78 is 15.2. The molecule has 0 spiro atoms. The number of thiophene rings is 1. The Morgan fingerprint density at radius 2 is 2.03 bits per heavy atom. The number of hydrogen-bond donors (Lipinski definition) is 3. The summed E-state index contributed by atoms with van der Waals surface area (Å²) in [5.74, 6) is 0.144. The van der Waals surface area contributed by atoms with Gasteiger partial charge in [-0.2, -0.15) is 5.10 Å². The molecule has 37 heavy (non-hydrogen) atoms. The molecule has 1 aliphatic rings. The van der Waals surface area contributed by atoms with E-state index in [1.807, 2.05) is 35.7 Å². The smallest absolute Gasteiger partial charge is 0.227 e. The van der Waals surface area contributed by atoms with Crippen LogP contribution < -0.4 is 5.32 Å². The maximum absolute atomic E-state index is 15.2. The molecule has 0 atom stereocenters. The van der Waals surface area contributed by atoms with Crippen molar-refractivity contribution in [2.45, 2.75) is 19.3 Å². The van der Waals surface area contributed by atoms with Crippen LogP contribution in [-0.2, 0) is 4.79 Å². The molecule has 8 nitrogen and oxygen atoms in total. The maximum atomic E-state index is 15.2. The minimum atomic E-state index is -0.462. The van der Waals surface area contributed by atoms with Gasteiger partial charge in [0.25, 0.3) is 0 Å². The molecule has 1 amide bonds. The molecule has 0 unspecified atom stereocenters. The number of imidazole rings is 1. The number of hydrogen-bond acceptors (Lipinski definition) is 6. The molecule has 0 radical (unpaired) electrons. The van der Waals surface area contributed by atoms with E-state index in [0.29, 0.717) is 33.7 Å². The maximum Gasteiger partial charge on any atom is 0.227 e. The van der Waals surface area contributed by atoms with Gasteiger partial charge >= 0.3 is 0 Å². The molecule has 0 aliphatic heterocycles. The van der Waals surface area contributed by atoms with Gasteiger partial charge in [-0.15, -0.1) is 11.3 Å². The van der Waals surface area contributed by atoms with Gasteiger partial charge < -0.3 is 10.3 Å². The number of aromatic nitrogens is 6. The zero-order valence-electron chi connectivity index (χ0n) is 19.5. The number of fused-ring (bicyclic) bond motifs is 2. The summed E-state index contributed by atoms with van der Waals surface area (Å²) in [6.07, 6.45) is 7.91. The second-order valence-corrected chi connectivity index (χ2v) is 10.1. The first-order valence-corrected chi connectivity index (χ1v) is 12.8. The van der Waals surface area contributed by atoms with Crippen molar-refractivity contribution in [1.82, 2.24) is 30.1 Å². The number of halogens is 1. The van der Waals surface area contributed by atoms with Crippen LogP contribution in [0.4, 0.5) is 10.1 Å². The van der Waals surface area contributed by atoms with Gasteiger partial charge in [0.15, 0.2) is 11.6 Å². The first kappa shape index (κ1) is 21.8. The van der Waals surface area contributed by atoms with Gasteiger partial charge in [-0.05, 0) is 54.1 Å². The van der Waals surface area contributed by atoms with Crippen molar-refractivity contribution in [3.63, 3.8) is 0 Å². The Bertz CT molecular complexity index is 1790. The molecule has 7 rings (SSSR count). The van der Waals surface area contributed by atoms with Gasteiger partial charge in [-0.25, -0.2) is 9.37 Å². The van der Waals surface area contributed by atoms with Crippen LogP contribution in [0.2, 0.25) is 0 Å². The Kier molecular flexibility index (Phi) is 5.07. The monoisotopic (exact) mass is 509 g/mol. The number of H-pyrrole nitrogens is 2. The van der Waals surface area contributed by atoms with Gasteiger partial charge in [-0.1, -0.05) is 12.5 Å². The molecule has 6 aromatic rings. The Labute approximate surface area is 214 Å². The molecule has 0 bridgehead atoms. The lowest BCUT2D eigenvalue weighted by Gasteiger charge is -2.24. The lowest BCUT2D eigenvalue weighted by Crippen LogP contribution is -2.28. The lowest BCUT2D eigenvalue weighted by atomic mass is 9.85. The van der Waals surface area contributed by atoms with Gasteiger partial charge in [0.05, 0.1) is 22.3 Å². The first-order valence-electron chi connectivity index (χ1n) is 12.0. The van der Waals surface area contributed by atoms with E-state index in [1.54, 1.807) is 29.9 Å². The van der Waals surface area contributed by atoms with Gasteiger partial charge in [0.1, 0.15) is 22.4 Å². The van der Waals surface area contributed by atoms with Gasteiger partial charge in [0.2, 0.25) is 5.91 Å². The van der Waals surface area contributed by atoms with Gasteiger partial charge in [0, 0.05) is 29.3 Å². The molecule has 5 heterocycles. The average Bonchev–Trinajstić information content (AvgIpc) is 3.61. The highest BCUT2D eigenvalue weighted by atomic mass is 32.1. The molecule has 1 aromatic carbocycles. The van der Waals surface area contributed by atoms with E-state index < -0.39 is 5.82 Å². The fourth-order valence-corrected chi connectivity index (χ4v) is 5.37. The Morgan fingerprint density at radius 3 is 2.84 bits per heavy atom. The summed E-state index contributed by atoms with van der Waals surface area (Å²) in [6, 6.07) is 10.9. The third kappa shape index (κ3) is 3.77. The number of carbonyl (C=O) groups is 1. The molecule has 0 saturated heterocycles. The molecule has 5 aromatic heterocycles. The Hall–Kier alpha value is -4.44. The summed E-state index contributed by atoms with van der Waals surface area (Å²) in [4.78, 5) is 30.3. The van der Waals surface area contributed by atoms with Crippen LogP contribution in [0.5, 0.6) is 0 Å². The van der Waals surface area contributed by atoms with Crippen molar-refractivity contribution in [1.29, 1.82) is 0 Å². The number of amides is 1. The number of anilines is 1. The number of rotatable bonds is 5. The van der Waals surface area contributed by atoms with Crippen molar-refractivity contribution in [2.75, 3.05) is 5.32 Å². The molecule has 1 fully saturated rings. The molecule has 3 N–H and O–H groups in total. The summed E-state index contributed by atoms with van der Waals surface area (Å²) >= 11 is 1.59. The number of aromatic amines is 2. The van der Waals surface area contributed by atoms with Gasteiger partial charge in [-0.3, -0.25) is 19.9 Å². The third-order valence-corrected chi connectivity index (χ3v) is 7.70. The third-order valence-electron chi connectivity index (χ3n) is 6.82. The molecule has 10 heteroatoms. The first-order chi connectivity index (χ1) is 18.1. The highest BCUT2D eigenvalue weighted by molar-refractivity contribution is 7.13. The number of nitrogens with zero attached hydrogens (tertiary/aromatic N) is 4. The van der Waals surface area contributed by atoms with E-state index in [0.717, 1.165) is 40.9 Å². The largest absolute Gasteiger partial charge is 0.337 e. The predicted molar refractivity (Wildman–Crippen MR) is 141 cm³/mol. The Balaban J connectivity index is 1.29. The van der Waals surface area contributed by atoms with E-state index in [1.165, 1.54) is 6.07 Å². The van der Waals surface area contributed by atoms with Crippen LogP contribution in [0.25, 0.3) is 55.2 Å². The van der Waals surface area contributed by atoms with Crippen molar-refractivity contribution in [3.05, 3.63) is 66.2 Å². The average molecular weight is 510 g/mol. The zero-order valence-corrected chi connectivity index (χ0v) is 20.3. The van der Waals surface area contributed by atoms with Crippen LogP contribution in [0.15, 0.2) is 60.4 Å². The van der Waals surface area contributed by atoms with Crippen molar-refractivity contribution in [3.8, 4) is 33.2 Å². The van der Waals surface area contributed by atoms with E-state index in [-0.39, 0.29) is 17.3 Å². The number of carbonyl (C=O) groups excluding carboxylic acids is 1. The molecular formula is C27H20FN7OS. The summed E-state index contributed by atoms with van der Waals surface area (Å²) in [6.45, 7) is 0. The summed E-state index contributed by atoms with van der Waals surface area (Å²) in [5, 5.41) is 12.7. The van der Waals surface area contributed by atoms with Crippen molar-refractivity contribution < 1.29 is 9.18 Å².